The van der Waals surface area contributed by atoms with Crippen molar-refractivity contribution in [3.63, 3.8) is 0 Å². The van der Waals surface area contributed by atoms with E-state index in [-0.39, 0.29) is 4.90 Å². The lowest BCUT2D eigenvalue weighted by Crippen LogP contribution is -2.14. The van der Waals surface area contributed by atoms with Gasteiger partial charge in [-0.1, -0.05) is 11.6 Å². The Morgan fingerprint density at radius 1 is 1.05 bits per heavy atom. The van der Waals surface area contributed by atoms with Crippen LogP contribution in [0.4, 0.5) is 11.4 Å². The average molecular weight is 311 g/mol. The number of hydrogen-bond acceptors (Lipinski definition) is 3. The van der Waals surface area contributed by atoms with Crippen LogP contribution in [0.2, 0.25) is 5.02 Å². The van der Waals surface area contributed by atoms with Gasteiger partial charge in [0.15, 0.2) is 0 Å². The molecule has 0 aliphatic rings. The number of aryl methyl sites for hydroxylation is 2. The summed E-state index contributed by atoms with van der Waals surface area (Å²) >= 11 is 5.75. The highest BCUT2D eigenvalue weighted by Crippen LogP contribution is 2.26. The van der Waals surface area contributed by atoms with E-state index in [0.717, 1.165) is 11.1 Å². The molecule has 0 aliphatic carbocycles. The second kappa shape index (κ2) is 5.34. The van der Waals surface area contributed by atoms with Crippen molar-refractivity contribution in [2.45, 2.75) is 18.7 Å². The fraction of sp³-hybridized carbons (Fsp3) is 0.143. The Bertz CT molecular complexity index is 741. The molecule has 0 radical (unpaired) electrons. The first-order chi connectivity index (χ1) is 9.29. The molecule has 0 atom stereocenters. The van der Waals surface area contributed by atoms with E-state index in [2.05, 4.69) is 4.72 Å². The molecule has 0 bridgehead atoms. The predicted molar refractivity (Wildman–Crippen MR) is 82.6 cm³/mol. The smallest absolute Gasteiger partial charge is 0.261 e. The van der Waals surface area contributed by atoms with Gasteiger partial charge in [-0.2, -0.15) is 0 Å². The van der Waals surface area contributed by atoms with Crippen LogP contribution in [0.1, 0.15) is 11.1 Å². The Balaban J connectivity index is 2.38. The highest BCUT2D eigenvalue weighted by atomic mass is 35.5. The van der Waals surface area contributed by atoms with E-state index in [4.69, 9.17) is 17.3 Å². The standard InChI is InChI=1S/C14H15ClN2O2S/c1-9-7-13(16)14(8-10(9)2)17-20(18,19)12-5-3-11(15)4-6-12/h3-8,17H,16H2,1-2H3. The SMILES string of the molecule is Cc1cc(N)c(NS(=O)(=O)c2ccc(Cl)cc2)cc1C. The first-order valence-corrected chi connectivity index (χ1v) is 7.81. The third-order valence-corrected chi connectivity index (χ3v) is 4.67. The maximum Gasteiger partial charge on any atom is 0.261 e. The molecule has 0 unspecified atom stereocenters. The molecule has 0 saturated carbocycles. The van der Waals surface area contributed by atoms with Crippen molar-refractivity contribution < 1.29 is 8.42 Å². The number of nitrogens with one attached hydrogen (secondary N) is 1. The third kappa shape index (κ3) is 3.05. The third-order valence-electron chi connectivity index (χ3n) is 3.03. The zero-order valence-electron chi connectivity index (χ0n) is 11.1. The van der Waals surface area contributed by atoms with Crippen molar-refractivity contribution in [3.8, 4) is 0 Å². The number of halogens is 1. The molecule has 20 heavy (non-hydrogen) atoms. The van der Waals surface area contributed by atoms with Gasteiger partial charge in [0.1, 0.15) is 0 Å². The molecule has 3 N–H and O–H groups in total. The first kappa shape index (κ1) is 14.7. The minimum atomic E-state index is -3.67. The number of anilines is 2. The minimum Gasteiger partial charge on any atom is -0.397 e. The molecule has 0 aromatic heterocycles. The molecule has 2 aromatic carbocycles. The Hall–Kier alpha value is -1.72. The van der Waals surface area contributed by atoms with E-state index in [1.54, 1.807) is 12.1 Å². The number of rotatable bonds is 3. The summed E-state index contributed by atoms with van der Waals surface area (Å²) in [5.74, 6) is 0. The summed E-state index contributed by atoms with van der Waals surface area (Å²) < 4.78 is 27.0. The summed E-state index contributed by atoms with van der Waals surface area (Å²) in [5.41, 5.74) is 8.60. The van der Waals surface area contributed by atoms with Crippen molar-refractivity contribution in [1.29, 1.82) is 0 Å². The molecule has 4 nitrogen and oxygen atoms in total. The van der Waals surface area contributed by atoms with Crippen LogP contribution in [0, 0.1) is 13.8 Å². The van der Waals surface area contributed by atoms with E-state index >= 15 is 0 Å². The number of nitrogen functional groups attached to an aromatic ring is 1. The van der Waals surface area contributed by atoms with E-state index in [9.17, 15) is 8.42 Å². The molecular weight excluding hydrogens is 296 g/mol. The average Bonchev–Trinajstić information content (AvgIpc) is 2.36. The zero-order valence-corrected chi connectivity index (χ0v) is 12.7. The van der Waals surface area contributed by atoms with Gasteiger partial charge in [0.25, 0.3) is 10.0 Å². The summed E-state index contributed by atoms with van der Waals surface area (Å²) in [4.78, 5) is 0.138. The van der Waals surface area contributed by atoms with Gasteiger partial charge < -0.3 is 5.73 Å². The van der Waals surface area contributed by atoms with Crippen molar-refractivity contribution in [3.05, 3.63) is 52.5 Å². The first-order valence-electron chi connectivity index (χ1n) is 5.95. The number of hydrogen-bond donors (Lipinski definition) is 2. The van der Waals surface area contributed by atoms with Crippen molar-refractivity contribution in [2.24, 2.45) is 0 Å². The van der Waals surface area contributed by atoms with E-state index in [0.29, 0.717) is 16.4 Å². The van der Waals surface area contributed by atoms with E-state index < -0.39 is 10.0 Å². The van der Waals surface area contributed by atoms with E-state index in [1.165, 1.54) is 24.3 Å². The summed E-state index contributed by atoms with van der Waals surface area (Å²) in [7, 11) is -3.67. The molecule has 6 heteroatoms. The summed E-state index contributed by atoms with van der Waals surface area (Å²) in [5, 5.41) is 0.481. The summed E-state index contributed by atoms with van der Waals surface area (Å²) in [6.45, 7) is 3.82. The Labute approximate surface area is 123 Å². The number of benzene rings is 2. The second-order valence-electron chi connectivity index (χ2n) is 4.58. The largest absolute Gasteiger partial charge is 0.397 e. The quantitative estimate of drug-likeness (QED) is 0.854. The van der Waals surface area contributed by atoms with Crippen LogP contribution in [0.15, 0.2) is 41.3 Å². The molecule has 2 aromatic rings. The van der Waals surface area contributed by atoms with E-state index in [1.807, 2.05) is 13.8 Å². The van der Waals surface area contributed by atoms with Crippen molar-refractivity contribution in [2.75, 3.05) is 10.5 Å². The summed E-state index contributed by atoms with van der Waals surface area (Å²) in [6, 6.07) is 9.41. The normalized spacial score (nSPS) is 11.3. The van der Waals surface area contributed by atoms with Crippen molar-refractivity contribution >= 4 is 33.0 Å². The molecule has 0 aliphatic heterocycles. The second-order valence-corrected chi connectivity index (χ2v) is 6.70. The van der Waals surface area contributed by atoms with Gasteiger partial charge in [-0.25, -0.2) is 8.42 Å². The van der Waals surface area contributed by atoms with Crippen LogP contribution in [-0.4, -0.2) is 8.42 Å². The zero-order chi connectivity index (χ0) is 14.9. The Kier molecular flexibility index (Phi) is 3.92. The maximum atomic E-state index is 12.3. The van der Waals surface area contributed by atoms with Gasteiger partial charge >= 0.3 is 0 Å². The van der Waals surface area contributed by atoms with Crippen LogP contribution in [0.3, 0.4) is 0 Å². The lowest BCUT2D eigenvalue weighted by atomic mass is 10.1. The Morgan fingerprint density at radius 3 is 2.20 bits per heavy atom. The molecule has 0 spiro atoms. The van der Waals surface area contributed by atoms with Crippen LogP contribution < -0.4 is 10.5 Å². The van der Waals surface area contributed by atoms with Gasteiger partial charge in [-0.05, 0) is 61.4 Å². The highest BCUT2D eigenvalue weighted by molar-refractivity contribution is 7.92. The van der Waals surface area contributed by atoms with Gasteiger partial charge in [0.2, 0.25) is 0 Å². The monoisotopic (exact) mass is 310 g/mol. The predicted octanol–water partition coefficient (Wildman–Crippen LogP) is 3.34. The molecule has 2 rings (SSSR count). The topological polar surface area (TPSA) is 72.2 Å². The van der Waals surface area contributed by atoms with Gasteiger partial charge in [-0.15, -0.1) is 0 Å². The number of sulfonamides is 1. The van der Waals surface area contributed by atoms with Crippen molar-refractivity contribution in [1.82, 2.24) is 0 Å². The lowest BCUT2D eigenvalue weighted by Gasteiger charge is -2.12. The lowest BCUT2D eigenvalue weighted by molar-refractivity contribution is 0.601. The molecule has 0 heterocycles. The highest BCUT2D eigenvalue weighted by Gasteiger charge is 2.15. The maximum absolute atomic E-state index is 12.3. The van der Waals surface area contributed by atoms with Crippen LogP contribution in [0.25, 0.3) is 0 Å². The summed E-state index contributed by atoms with van der Waals surface area (Å²) in [6.07, 6.45) is 0. The molecule has 0 fully saturated rings. The Morgan fingerprint density at radius 2 is 1.60 bits per heavy atom. The van der Waals surface area contributed by atoms with Gasteiger partial charge in [-0.3, -0.25) is 4.72 Å². The molecule has 0 saturated heterocycles. The van der Waals surface area contributed by atoms with Crippen LogP contribution in [0.5, 0.6) is 0 Å². The van der Waals surface area contributed by atoms with Gasteiger partial charge in [0, 0.05) is 5.02 Å². The minimum absolute atomic E-state index is 0.138. The van der Waals surface area contributed by atoms with Gasteiger partial charge in [0.05, 0.1) is 16.3 Å². The fourth-order valence-corrected chi connectivity index (χ4v) is 2.95. The van der Waals surface area contributed by atoms with Crippen LogP contribution >= 0.6 is 11.6 Å². The molecule has 106 valence electrons. The molecular formula is C14H15ClN2O2S. The van der Waals surface area contributed by atoms with Crippen LogP contribution in [-0.2, 0) is 10.0 Å². The molecule has 0 amide bonds. The fourth-order valence-electron chi connectivity index (χ4n) is 1.74. The number of nitrogens with two attached hydrogens (primary N) is 1.